The molecule has 25 heavy (non-hydrogen) atoms. The minimum Gasteiger partial charge on any atom is -0.339 e. The van der Waals surface area contributed by atoms with E-state index in [1.54, 1.807) is 26.0 Å². The second-order valence-corrected chi connectivity index (χ2v) is 6.36. The molecule has 0 radical (unpaired) electrons. The van der Waals surface area contributed by atoms with E-state index in [1.165, 1.54) is 4.68 Å². The normalized spacial score (nSPS) is 13.7. The zero-order valence-electron chi connectivity index (χ0n) is 14.5. The second kappa shape index (κ2) is 6.89. The number of carbonyl (C=O) groups excluding carboxylic acids is 1. The van der Waals surface area contributed by atoms with Crippen LogP contribution in [0.5, 0.6) is 0 Å². The van der Waals surface area contributed by atoms with Crippen molar-refractivity contribution in [2.75, 3.05) is 13.1 Å². The summed E-state index contributed by atoms with van der Waals surface area (Å²) in [6, 6.07) is 9.20. The molecular weight excluding hydrogens is 316 g/mol. The van der Waals surface area contributed by atoms with Crippen LogP contribution in [0.15, 0.2) is 29.1 Å². The predicted molar refractivity (Wildman–Crippen MR) is 93.4 cm³/mol. The van der Waals surface area contributed by atoms with E-state index < -0.39 is 0 Å². The third-order valence-electron chi connectivity index (χ3n) is 4.68. The summed E-state index contributed by atoms with van der Waals surface area (Å²) in [5, 5.41) is 13.5. The first-order valence-corrected chi connectivity index (χ1v) is 8.38. The van der Waals surface area contributed by atoms with Gasteiger partial charge in [-0.25, -0.2) is 4.68 Å². The molecule has 0 spiro atoms. The summed E-state index contributed by atoms with van der Waals surface area (Å²) >= 11 is 0. The molecule has 0 atom stereocenters. The number of likely N-dealkylation sites (tertiary alicyclic amines) is 1. The molecule has 1 aliphatic rings. The molecule has 6 heteroatoms. The maximum atomic E-state index is 12.4. The van der Waals surface area contributed by atoms with Gasteiger partial charge in [0.2, 0.25) is 0 Å². The Hall–Kier alpha value is -2.94. The average molecular weight is 336 g/mol. The highest BCUT2D eigenvalue weighted by molar-refractivity contribution is 5.94. The van der Waals surface area contributed by atoms with Crippen molar-refractivity contribution in [3.05, 3.63) is 62.6 Å². The van der Waals surface area contributed by atoms with Crippen molar-refractivity contribution < 1.29 is 4.79 Å². The number of nitrogens with zero attached hydrogens (tertiary/aromatic N) is 4. The fraction of sp³-hybridized carbons (Fsp3) is 0.368. The number of rotatable bonds is 3. The van der Waals surface area contributed by atoms with Gasteiger partial charge in [0.15, 0.2) is 0 Å². The molecule has 1 aromatic carbocycles. The van der Waals surface area contributed by atoms with Gasteiger partial charge in [-0.15, -0.1) is 0 Å². The van der Waals surface area contributed by atoms with Crippen LogP contribution < -0.4 is 5.56 Å². The molecule has 1 aromatic heterocycles. The molecule has 1 saturated heterocycles. The summed E-state index contributed by atoms with van der Waals surface area (Å²) in [6.07, 6.45) is 2.12. The molecule has 1 fully saturated rings. The Balaban J connectivity index is 1.83. The van der Waals surface area contributed by atoms with Gasteiger partial charge in [0.25, 0.3) is 11.5 Å². The number of hydrogen-bond acceptors (Lipinski definition) is 4. The van der Waals surface area contributed by atoms with E-state index in [4.69, 9.17) is 0 Å². The number of nitriles is 1. The maximum Gasteiger partial charge on any atom is 0.285 e. The number of aromatic nitrogens is 2. The highest BCUT2D eigenvalue weighted by atomic mass is 16.2. The van der Waals surface area contributed by atoms with E-state index in [9.17, 15) is 14.9 Å². The lowest BCUT2D eigenvalue weighted by Gasteiger charge is -2.15. The molecule has 0 saturated carbocycles. The lowest BCUT2D eigenvalue weighted by atomic mass is 10.1. The molecular formula is C19H20N4O2. The number of carbonyl (C=O) groups is 1. The number of amides is 1. The Bertz CT molecular complexity index is 901. The van der Waals surface area contributed by atoms with E-state index in [2.05, 4.69) is 5.10 Å². The Morgan fingerprint density at radius 1 is 1.20 bits per heavy atom. The van der Waals surface area contributed by atoms with Crippen molar-refractivity contribution in [3.8, 4) is 6.07 Å². The second-order valence-electron chi connectivity index (χ2n) is 6.36. The molecule has 3 rings (SSSR count). The monoisotopic (exact) mass is 336 g/mol. The molecule has 1 amide bonds. The fourth-order valence-electron chi connectivity index (χ4n) is 3.04. The third-order valence-corrected chi connectivity index (χ3v) is 4.68. The molecule has 0 bridgehead atoms. The summed E-state index contributed by atoms with van der Waals surface area (Å²) < 4.78 is 1.30. The van der Waals surface area contributed by atoms with Crippen LogP contribution in [-0.2, 0) is 6.54 Å². The van der Waals surface area contributed by atoms with Crippen LogP contribution in [0.1, 0.15) is 45.6 Å². The van der Waals surface area contributed by atoms with Crippen LogP contribution in [0.25, 0.3) is 0 Å². The van der Waals surface area contributed by atoms with Gasteiger partial charge in [0.05, 0.1) is 12.2 Å². The van der Waals surface area contributed by atoms with E-state index in [-0.39, 0.29) is 23.6 Å². The Morgan fingerprint density at radius 2 is 1.84 bits per heavy atom. The summed E-state index contributed by atoms with van der Waals surface area (Å²) in [6.45, 7) is 5.42. The largest absolute Gasteiger partial charge is 0.339 e. The lowest BCUT2D eigenvalue weighted by molar-refractivity contribution is 0.0793. The van der Waals surface area contributed by atoms with E-state index in [1.807, 2.05) is 23.1 Å². The van der Waals surface area contributed by atoms with E-state index >= 15 is 0 Å². The van der Waals surface area contributed by atoms with Crippen LogP contribution in [0.3, 0.4) is 0 Å². The minimum absolute atomic E-state index is 0.0530. The molecule has 128 valence electrons. The molecule has 0 unspecified atom stereocenters. The van der Waals surface area contributed by atoms with Crippen LogP contribution in [0.4, 0.5) is 0 Å². The van der Waals surface area contributed by atoms with Gasteiger partial charge in [-0.2, -0.15) is 10.4 Å². The number of aryl methyl sites for hydroxylation is 1. The maximum absolute atomic E-state index is 12.4. The fourth-order valence-corrected chi connectivity index (χ4v) is 3.04. The van der Waals surface area contributed by atoms with Crippen molar-refractivity contribution in [1.29, 1.82) is 5.26 Å². The SMILES string of the molecule is Cc1nn(Cc2ccc(C(=O)N3CCCC3)cc2)c(=O)c(C#N)c1C. The molecule has 1 aliphatic heterocycles. The number of hydrogen-bond donors (Lipinski definition) is 0. The predicted octanol–water partition coefficient (Wildman–Crippen LogP) is 2.02. The summed E-state index contributed by atoms with van der Waals surface area (Å²) in [4.78, 5) is 26.6. The summed E-state index contributed by atoms with van der Waals surface area (Å²) in [5.41, 5.74) is 2.55. The first-order chi connectivity index (χ1) is 12.0. The van der Waals surface area contributed by atoms with Gasteiger partial charge in [0, 0.05) is 18.7 Å². The zero-order valence-corrected chi connectivity index (χ0v) is 14.5. The Kier molecular flexibility index (Phi) is 4.66. The van der Waals surface area contributed by atoms with Crippen molar-refractivity contribution in [1.82, 2.24) is 14.7 Å². The van der Waals surface area contributed by atoms with Gasteiger partial charge in [-0.3, -0.25) is 9.59 Å². The minimum atomic E-state index is -0.386. The summed E-state index contributed by atoms with van der Waals surface area (Å²) in [5.74, 6) is 0.0530. The van der Waals surface area contributed by atoms with E-state index in [0.29, 0.717) is 16.8 Å². The van der Waals surface area contributed by atoms with Gasteiger partial charge >= 0.3 is 0 Å². The molecule has 2 aromatic rings. The smallest absolute Gasteiger partial charge is 0.285 e. The molecule has 0 N–H and O–H groups in total. The Morgan fingerprint density at radius 3 is 2.44 bits per heavy atom. The van der Waals surface area contributed by atoms with Crippen molar-refractivity contribution in [2.24, 2.45) is 0 Å². The highest BCUT2D eigenvalue weighted by Crippen LogP contribution is 2.14. The van der Waals surface area contributed by atoms with Crippen LogP contribution >= 0.6 is 0 Å². The van der Waals surface area contributed by atoms with Crippen molar-refractivity contribution >= 4 is 5.91 Å². The quantitative estimate of drug-likeness (QED) is 0.859. The van der Waals surface area contributed by atoms with Crippen LogP contribution in [-0.4, -0.2) is 33.7 Å². The van der Waals surface area contributed by atoms with Gasteiger partial charge < -0.3 is 4.90 Å². The van der Waals surface area contributed by atoms with Gasteiger partial charge in [0.1, 0.15) is 11.6 Å². The molecule has 6 nitrogen and oxygen atoms in total. The topological polar surface area (TPSA) is 79.0 Å². The average Bonchev–Trinajstić information content (AvgIpc) is 3.15. The molecule has 2 heterocycles. The zero-order chi connectivity index (χ0) is 18.0. The number of benzene rings is 1. The van der Waals surface area contributed by atoms with Gasteiger partial charge in [-0.05, 0) is 49.9 Å². The first kappa shape index (κ1) is 16.9. The van der Waals surface area contributed by atoms with Crippen molar-refractivity contribution in [3.63, 3.8) is 0 Å². The standard InChI is InChI=1S/C19H20N4O2/c1-13-14(2)21-23(19(25)17(13)11-20)12-15-5-7-16(8-6-15)18(24)22-9-3-4-10-22/h5-8H,3-4,9-10,12H2,1-2H3. The highest BCUT2D eigenvalue weighted by Gasteiger charge is 2.19. The first-order valence-electron chi connectivity index (χ1n) is 8.38. The van der Waals surface area contributed by atoms with Crippen LogP contribution in [0.2, 0.25) is 0 Å². The lowest BCUT2D eigenvalue weighted by Crippen LogP contribution is -2.28. The Labute approximate surface area is 146 Å². The van der Waals surface area contributed by atoms with Gasteiger partial charge in [-0.1, -0.05) is 12.1 Å². The van der Waals surface area contributed by atoms with Crippen molar-refractivity contribution in [2.45, 2.75) is 33.2 Å². The summed E-state index contributed by atoms with van der Waals surface area (Å²) in [7, 11) is 0. The molecule has 0 aliphatic carbocycles. The van der Waals surface area contributed by atoms with Crippen LogP contribution in [0, 0.1) is 25.2 Å². The third kappa shape index (κ3) is 3.31. The van der Waals surface area contributed by atoms with E-state index in [0.717, 1.165) is 31.5 Å².